The summed E-state index contributed by atoms with van der Waals surface area (Å²) in [6, 6.07) is 0. The fraction of sp³-hybridized carbons (Fsp3) is 0.167. The van der Waals surface area contributed by atoms with Gasteiger partial charge in [0, 0.05) is 12.4 Å². The minimum absolute atomic E-state index is 0.126. The molecular formula is C6H4F2N2O2S. The van der Waals surface area contributed by atoms with Crippen molar-refractivity contribution in [3.05, 3.63) is 18.0 Å². The second-order valence-corrected chi connectivity index (χ2v) is 2.90. The smallest absolute Gasteiger partial charge is 0.338 e. The van der Waals surface area contributed by atoms with Crippen molar-refractivity contribution in [2.75, 3.05) is 0 Å². The van der Waals surface area contributed by atoms with Crippen molar-refractivity contribution in [3.63, 3.8) is 0 Å². The fourth-order valence-electron chi connectivity index (χ4n) is 0.567. The lowest BCUT2D eigenvalue weighted by Gasteiger charge is -1.97. The van der Waals surface area contributed by atoms with Gasteiger partial charge in [-0.25, -0.2) is 14.8 Å². The zero-order valence-electron chi connectivity index (χ0n) is 6.15. The summed E-state index contributed by atoms with van der Waals surface area (Å²) in [5.74, 6) is -3.79. The Balaban J connectivity index is 2.75. The topological polar surface area (TPSA) is 63.1 Å². The van der Waals surface area contributed by atoms with Gasteiger partial charge < -0.3 is 5.11 Å². The number of carbonyl (C=O) groups is 1. The molecule has 1 aromatic rings. The Kier molecular flexibility index (Phi) is 3.13. The van der Waals surface area contributed by atoms with Crippen molar-refractivity contribution < 1.29 is 18.7 Å². The molecule has 7 heteroatoms. The number of hydrogen-bond donors (Lipinski definition) is 1. The number of halogens is 2. The summed E-state index contributed by atoms with van der Waals surface area (Å²) in [5, 5.41) is 8.28. The third kappa shape index (κ3) is 2.94. The van der Waals surface area contributed by atoms with Gasteiger partial charge in [0.2, 0.25) is 0 Å². The quantitative estimate of drug-likeness (QED) is 0.599. The third-order valence-electron chi connectivity index (χ3n) is 1.07. The van der Waals surface area contributed by atoms with Crippen LogP contribution >= 0.6 is 11.8 Å². The van der Waals surface area contributed by atoms with Gasteiger partial charge in [-0.2, -0.15) is 8.78 Å². The van der Waals surface area contributed by atoms with Gasteiger partial charge >= 0.3 is 5.97 Å². The monoisotopic (exact) mass is 206 g/mol. The van der Waals surface area contributed by atoms with E-state index in [0.717, 1.165) is 12.4 Å². The average molecular weight is 206 g/mol. The van der Waals surface area contributed by atoms with E-state index in [-0.39, 0.29) is 22.5 Å². The molecule has 0 aliphatic carbocycles. The lowest BCUT2D eigenvalue weighted by molar-refractivity contribution is 0.0695. The first-order valence-corrected chi connectivity index (χ1v) is 3.97. The van der Waals surface area contributed by atoms with Gasteiger partial charge in [-0.1, -0.05) is 0 Å². The normalized spacial score (nSPS) is 10.4. The highest BCUT2D eigenvalue weighted by molar-refractivity contribution is 7.99. The lowest BCUT2D eigenvalue weighted by atomic mass is 10.4. The first-order valence-electron chi connectivity index (χ1n) is 3.09. The van der Waals surface area contributed by atoms with E-state index in [1.807, 2.05) is 0 Å². The van der Waals surface area contributed by atoms with Gasteiger partial charge in [0.05, 0.1) is 5.56 Å². The molecular weight excluding hydrogens is 202 g/mol. The number of hydrogen-bond acceptors (Lipinski definition) is 4. The number of alkyl halides is 2. The lowest BCUT2D eigenvalue weighted by Crippen LogP contribution is -1.99. The predicted octanol–water partition coefficient (Wildman–Crippen LogP) is 1.49. The summed E-state index contributed by atoms with van der Waals surface area (Å²) in [6.07, 6.45) is 1.97. The van der Waals surface area contributed by atoms with Crippen LogP contribution in [0.1, 0.15) is 10.4 Å². The minimum Gasteiger partial charge on any atom is -0.478 e. The molecule has 1 N–H and O–H groups in total. The average Bonchev–Trinajstić information content (AvgIpc) is 2.04. The van der Waals surface area contributed by atoms with E-state index in [9.17, 15) is 13.6 Å². The molecule has 0 fully saturated rings. The Morgan fingerprint density at radius 1 is 1.46 bits per heavy atom. The molecule has 0 saturated carbocycles. The predicted molar refractivity (Wildman–Crippen MR) is 40.9 cm³/mol. The molecule has 4 nitrogen and oxygen atoms in total. The minimum atomic E-state index is -2.60. The van der Waals surface area contributed by atoms with Crippen LogP contribution < -0.4 is 0 Å². The number of rotatable bonds is 3. The molecule has 13 heavy (non-hydrogen) atoms. The van der Waals surface area contributed by atoms with Crippen LogP contribution in [0.2, 0.25) is 0 Å². The first-order chi connectivity index (χ1) is 6.09. The molecule has 0 spiro atoms. The van der Waals surface area contributed by atoms with Crippen LogP contribution in [0.25, 0.3) is 0 Å². The maximum atomic E-state index is 11.7. The van der Waals surface area contributed by atoms with E-state index in [2.05, 4.69) is 9.97 Å². The molecule has 0 atom stereocenters. The summed E-state index contributed by atoms with van der Waals surface area (Å²) in [6.45, 7) is 0. The number of aromatic nitrogens is 2. The highest BCUT2D eigenvalue weighted by Gasteiger charge is 2.09. The Hall–Kier alpha value is -1.24. The molecule has 0 radical (unpaired) electrons. The zero-order chi connectivity index (χ0) is 9.84. The number of nitrogens with zero attached hydrogens (tertiary/aromatic N) is 2. The van der Waals surface area contributed by atoms with E-state index in [1.165, 1.54) is 0 Å². The van der Waals surface area contributed by atoms with Gasteiger partial charge in [-0.15, -0.1) is 0 Å². The van der Waals surface area contributed by atoms with Crippen LogP contribution in [0.15, 0.2) is 17.6 Å². The van der Waals surface area contributed by atoms with Gasteiger partial charge in [0.25, 0.3) is 5.76 Å². The van der Waals surface area contributed by atoms with Gasteiger partial charge in [-0.3, -0.25) is 0 Å². The molecule has 0 aromatic carbocycles. The number of aromatic carboxylic acids is 1. The van der Waals surface area contributed by atoms with Crippen LogP contribution in [-0.4, -0.2) is 26.8 Å². The Labute approximate surface area is 76.0 Å². The van der Waals surface area contributed by atoms with Crippen LogP contribution in [0.5, 0.6) is 0 Å². The van der Waals surface area contributed by atoms with Crippen LogP contribution in [-0.2, 0) is 0 Å². The summed E-state index contributed by atoms with van der Waals surface area (Å²) in [7, 11) is 0. The fourth-order valence-corrected chi connectivity index (χ4v) is 0.954. The van der Waals surface area contributed by atoms with Crippen LogP contribution in [0.4, 0.5) is 8.78 Å². The van der Waals surface area contributed by atoms with E-state index < -0.39 is 11.7 Å². The molecule has 1 aromatic heterocycles. The van der Waals surface area contributed by atoms with Crippen molar-refractivity contribution in [2.45, 2.75) is 10.9 Å². The summed E-state index contributed by atoms with van der Waals surface area (Å²) >= 11 is 0.170. The third-order valence-corrected chi connectivity index (χ3v) is 1.67. The number of carboxylic acids is 1. The van der Waals surface area contributed by atoms with Gasteiger partial charge in [0.1, 0.15) is 0 Å². The largest absolute Gasteiger partial charge is 0.478 e. The number of thioether (sulfide) groups is 1. The van der Waals surface area contributed by atoms with E-state index >= 15 is 0 Å². The van der Waals surface area contributed by atoms with Crippen molar-refractivity contribution in [1.29, 1.82) is 0 Å². The zero-order valence-corrected chi connectivity index (χ0v) is 6.96. The molecule has 0 saturated heterocycles. The van der Waals surface area contributed by atoms with Crippen molar-refractivity contribution in [2.24, 2.45) is 0 Å². The van der Waals surface area contributed by atoms with Crippen LogP contribution in [0, 0.1) is 0 Å². The highest BCUT2D eigenvalue weighted by Crippen LogP contribution is 2.20. The summed E-state index contributed by atoms with van der Waals surface area (Å²) < 4.78 is 23.5. The van der Waals surface area contributed by atoms with E-state index in [1.54, 1.807) is 0 Å². The maximum Gasteiger partial charge on any atom is 0.338 e. The Morgan fingerprint density at radius 2 is 2.00 bits per heavy atom. The van der Waals surface area contributed by atoms with Gasteiger partial charge in [0.15, 0.2) is 5.16 Å². The Morgan fingerprint density at radius 3 is 2.38 bits per heavy atom. The standard InChI is InChI=1S/C6H4F2N2O2S/c7-5(8)13-6-9-1-3(2-10-6)4(11)12/h1-2,5H,(H,11,12). The van der Waals surface area contributed by atoms with Crippen molar-refractivity contribution in [1.82, 2.24) is 9.97 Å². The Bertz CT molecular complexity index is 304. The first kappa shape index (κ1) is 9.85. The van der Waals surface area contributed by atoms with Crippen molar-refractivity contribution in [3.8, 4) is 0 Å². The van der Waals surface area contributed by atoms with Crippen LogP contribution in [0.3, 0.4) is 0 Å². The molecule has 0 aliphatic rings. The SMILES string of the molecule is O=C(O)c1cnc(SC(F)F)nc1. The molecule has 1 rings (SSSR count). The second-order valence-electron chi connectivity index (χ2n) is 1.94. The molecule has 70 valence electrons. The summed E-state index contributed by atoms with van der Waals surface area (Å²) in [4.78, 5) is 17.2. The van der Waals surface area contributed by atoms with E-state index in [0.29, 0.717) is 0 Å². The summed E-state index contributed by atoms with van der Waals surface area (Å²) in [5.41, 5.74) is -0.126. The molecule has 0 amide bonds. The van der Waals surface area contributed by atoms with E-state index in [4.69, 9.17) is 5.11 Å². The maximum absolute atomic E-state index is 11.7. The highest BCUT2D eigenvalue weighted by atomic mass is 32.2. The molecule has 0 unspecified atom stereocenters. The molecule has 0 bridgehead atoms. The van der Waals surface area contributed by atoms with Gasteiger partial charge in [-0.05, 0) is 11.8 Å². The second kappa shape index (κ2) is 4.13. The molecule has 1 heterocycles. The number of carboxylic acid groups (broad SMARTS) is 1. The van der Waals surface area contributed by atoms with Crippen molar-refractivity contribution >= 4 is 17.7 Å². The molecule has 0 aliphatic heterocycles.